The molecule has 69 heavy (non-hydrogen) atoms. The predicted octanol–water partition coefficient (Wildman–Crippen LogP) is 16.9. The monoisotopic (exact) mass is 878 g/mol. The van der Waals surface area contributed by atoms with Crippen LogP contribution in [0.5, 0.6) is 0 Å². The molecule has 4 nitrogen and oxygen atoms in total. The molecule has 13 aromatic rings. The van der Waals surface area contributed by atoms with E-state index in [9.17, 15) is 0 Å². The largest absolute Gasteiger partial charge is 0.309 e. The van der Waals surface area contributed by atoms with E-state index >= 15 is 0 Å². The lowest BCUT2D eigenvalue weighted by atomic mass is 9.94. The predicted molar refractivity (Wildman–Crippen MR) is 287 cm³/mol. The van der Waals surface area contributed by atoms with E-state index in [0.717, 1.165) is 106 Å². The van der Waals surface area contributed by atoms with E-state index in [2.05, 4.69) is 253 Å². The van der Waals surface area contributed by atoms with Gasteiger partial charge in [-0.05, 0) is 87.8 Å². The number of pyridine rings is 1. The van der Waals surface area contributed by atoms with Gasteiger partial charge in [0.25, 0.3) is 0 Å². The van der Waals surface area contributed by atoms with Gasteiger partial charge < -0.3 is 4.57 Å². The molecule has 0 aliphatic rings. The fraction of sp³-hybridized carbons (Fsp3) is 0. The van der Waals surface area contributed by atoms with Crippen LogP contribution >= 0.6 is 0 Å². The zero-order valence-corrected chi connectivity index (χ0v) is 37.5. The molecule has 0 radical (unpaired) electrons. The molecule has 0 aliphatic carbocycles. The smallest absolute Gasteiger partial charge is 0.160 e. The SMILES string of the molecule is c1ccc(-c2cc(-c3ccccc3)cc(-c3cc(-c4ccccc4)nc(-c4ccc(-c5cccc6c5nc(-c5ccccc5)c5cc7c8ccccc8n(-c8ccccc8)c7cc56)cc4)n3)c2)cc1. The van der Waals surface area contributed by atoms with Crippen LogP contribution in [0, 0.1) is 0 Å². The molecule has 3 aromatic heterocycles. The van der Waals surface area contributed by atoms with Gasteiger partial charge in [0, 0.05) is 55.0 Å². The fourth-order valence-electron chi connectivity index (χ4n) is 10.0. The highest BCUT2D eigenvalue weighted by atomic mass is 15.0. The summed E-state index contributed by atoms with van der Waals surface area (Å²) in [5.41, 5.74) is 17.9. The molecule has 0 atom stereocenters. The maximum Gasteiger partial charge on any atom is 0.160 e. The highest BCUT2D eigenvalue weighted by molar-refractivity contribution is 6.21. The molecule has 0 bridgehead atoms. The fourth-order valence-corrected chi connectivity index (χ4v) is 10.0. The first-order chi connectivity index (χ1) is 34.2. The van der Waals surface area contributed by atoms with Gasteiger partial charge in [-0.3, -0.25) is 0 Å². The van der Waals surface area contributed by atoms with E-state index in [4.69, 9.17) is 15.0 Å². The number of hydrogen-bond donors (Lipinski definition) is 0. The van der Waals surface area contributed by atoms with Gasteiger partial charge in [0.2, 0.25) is 0 Å². The number of benzene rings is 10. The van der Waals surface area contributed by atoms with Gasteiger partial charge in [-0.1, -0.05) is 200 Å². The normalized spacial score (nSPS) is 11.5. The highest BCUT2D eigenvalue weighted by Crippen LogP contribution is 2.42. The van der Waals surface area contributed by atoms with E-state index in [0.29, 0.717) is 5.82 Å². The average molecular weight is 879 g/mol. The van der Waals surface area contributed by atoms with Gasteiger partial charge >= 0.3 is 0 Å². The lowest BCUT2D eigenvalue weighted by Crippen LogP contribution is -1.97. The summed E-state index contributed by atoms with van der Waals surface area (Å²) in [6.45, 7) is 0. The molecule has 322 valence electrons. The van der Waals surface area contributed by atoms with Crippen LogP contribution in [-0.4, -0.2) is 19.5 Å². The molecule has 0 saturated carbocycles. The van der Waals surface area contributed by atoms with E-state index in [1.54, 1.807) is 0 Å². The summed E-state index contributed by atoms with van der Waals surface area (Å²) in [5.74, 6) is 0.663. The van der Waals surface area contributed by atoms with Crippen molar-refractivity contribution in [3.63, 3.8) is 0 Å². The van der Waals surface area contributed by atoms with Crippen LogP contribution in [0.2, 0.25) is 0 Å². The third-order valence-electron chi connectivity index (χ3n) is 13.4. The van der Waals surface area contributed by atoms with Crippen molar-refractivity contribution in [3.05, 3.63) is 255 Å². The molecule has 0 spiro atoms. The van der Waals surface area contributed by atoms with Gasteiger partial charge in [0.05, 0.1) is 33.6 Å². The summed E-state index contributed by atoms with van der Waals surface area (Å²) in [7, 11) is 0. The van der Waals surface area contributed by atoms with E-state index < -0.39 is 0 Å². The second-order valence-corrected chi connectivity index (χ2v) is 17.6. The maximum absolute atomic E-state index is 5.60. The van der Waals surface area contributed by atoms with Gasteiger partial charge in [-0.15, -0.1) is 0 Å². The Bertz CT molecular complexity index is 3960. The third-order valence-corrected chi connectivity index (χ3v) is 13.4. The number of nitrogens with zero attached hydrogens (tertiary/aromatic N) is 4. The second-order valence-electron chi connectivity index (χ2n) is 17.6. The molecule has 0 N–H and O–H groups in total. The summed E-state index contributed by atoms with van der Waals surface area (Å²) in [6, 6.07) is 90.4. The number of rotatable bonds is 8. The van der Waals surface area contributed by atoms with Crippen LogP contribution in [0.25, 0.3) is 128 Å². The zero-order valence-electron chi connectivity index (χ0n) is 37.5. The molecule has 3 heterocycles. The highest BCUT2D eigenvalue weighted by Gasteiger charge is 2.20. The first kappa shape index (κ1) is 40.1. The van der Waals surface area contributed by atoms with Crippen LogP contribution in [0.15, 0.2) is 255 Å². The molecular weight excluding hydrogens is 837 g/mol. The maximum atomic E-state index is 5.60. The molecule has 10 aromatic carbocycles. The quantitative estimate of drug-likeness (QED) is 0.143. The Morgan fingerprint density at radius 2 is 0.783 bits per heavy atom. The van der Waals surface area contributed by atoms with Crippen molar-refractivity contribution >= 4 is 43.5 Å². The number of aromatic nitrogens is 4. The first-order valence-electron chi connectivity index (χ1n) is 23.4. The number of hydrogen-bond acceptors (Lipinski definition) is 3. The van der Waals surface area contributed by atoms with Crippen LogP contribution < -0.4 is 0 Å². The van der Waals surface area contributed by atoms with Crippen LogP contribution in [0.4, 0.5) is 0 Å². The summed E-state index contributed by atoms with van der Waals surface area (Å²) in [6.07, 6.45) is 0. The van der Waals surface area contributed by atoms with Crippen LogP contribution in [0.3, 0.4) is 0 Å². The van der Waals surface area contributed by atoms with Crippen LogP contribution in [0.1, 0.15) is 0 Å². The Kier molecular flexibility index (Phi) is 9.80. The zero-order chi connectivity index (χ0) is 45.7. The molecule has 0 amide bonds. The van der Waals surface area contributed by atoms with E-state index in [1.165, 1.54) is 16.3 Å². The van der Waals surface area contributed by atoms with Gasteiger partial charge in [-0.2, -0.15) is 0 Å². The molecule has 0 unspecified atom stereocenters. The second kappa shape index (κ2) is 16.9. The number of fused-ring (bicyclic) bond motifs is 6. The van der Waals surface area contributed by atoms with Gasteiger partial charge in [0.15, 0.2) is 5.82 Å². The minimum absolute atomic E-state index is 0.663. The Morgan fingerprint density at radius 3 is 1.43 bits per heavy atom. The topological polar surface area (TPSA) is 43.6 Å². The lowest BCUT2D eigenvalue weighted by molar-refractivity contribution is 1.18. The number of para-hydroxylation sites is 3. The van der Waals surface area contributed by atoms with Crippen molar-refractivity contribution in [1.82, 2.24) is 19.5 Å². The summed E-state index contributed by atoms with van der Waals surface area (Å²) < 4.78 is 2.39. The first-order valence-corrected chi connectivity index (χ1v) is 23.4. The summed E-state index contributed by atoms with van der Waals surface area (Å²) >= 11 is 0. The van der Waals surface area contributed by atoms with Gasteiger partial charge in [0.1, 0.15) is 0 Å². The van der Waals surface area contributed by atoms with Crippen molar-refractivity contribution < 1.29 is 0 Å². The molecule has 13 rings (SSSR count). The van der Waals surface area contributed by atoms with Crippen molar-refractivity contribution in [2.75, 3.05) is 0 Å². The summed E-state index contributed by atoms with van der Waals surface area (Å²) in [4.78, 5) is 16.2. The Balaban J connectivity index is 0.974. The van der Waals surface area contributed by atoms with Crippen LogP contribution in [-0.2, 0) is 0 Å². The third kappa shape index (κ3) is 7.23. The van der Waals surface area contributed by atoms with Crippen molar-refractivity contribution in [3.8, 4) is 84.2 Å². The lowest BCUT2D eigenvalue weighted by Gasteiger charge is -2.15. The minimum atomic E-state index is 0.663. The molecule has 0 fully saturated rings. The van der Waals surface area contributed by atoms with Gasteiger partial charge in [-0.25, -0.2) is 15.0 Å². The van der Waals surface area contributed by atoms with Crippen molar-refractivity contribution in [2.24, 2.45) is 0 Å². The Morgan fingerprint density at radius 1 is 0.261 bits per heavy atom. The molecular formula is C65H42N4. The van der Waals surface area contributed by atoms with Crippen molar-refractivity contribution in [1.29, 1.82) is 0 Å². The summed E-state index contributed by atoms with van der Waals surface area (Å²) in [5, 5.41) is 5.81. The minimum Gasteiger partial charge on any atom is -0.309 e. The van der Waals surface area contributed by atoms with E-state index in [1.807, 2.05) is 6.07 Å². The molecule has 0 aliphatic heterocycles. The average Bonchev–Trinajstić information content (AvgIpc) is 3.76. The Labute approximate surface area is 400 Å². The van der Waals surface area contributed by atoms with Crippen molar-refractivity contribution in [2.45, 2.75) is 0 Å². The Hall–Kier alpha value is -9.25. The van der Waals surface area contributed by atoms with E-state index in [-0.39, 0.29) is 0 Å². The standard InChI is InChI=1S/C65H42N4/c1-6-19-43(20-7-1)49-37-50(44-21-8-2-9-22-44)39-51(38-49)60-42-59(46-23-10-3-11-24-46)66-65(67-60)48-35-33-45(34-36-48)53-30-18-31-55-56-41-62-57(40-58(56)63(68-64(53)55)47-25-12-4-13-26-47)54-29-16-17-32-61(54)69(62)52-27-14-5-15-28-52/h1-42H. The molecule has 4 heteroatoms. The molecule has 0 saturated heterocycles.